The standard InChI is InChI=1S/C8H6BrNS2/c9-5-3-6-4(1-2-12-6)8(11)7(5)10/h1-3,11H,10H2. The lowest BCUT2D eigenvalue weighted by molar-refractivity contribution is 1.54. The van der Waals surface area contributed by atoms with Gasteiger partial charge in [-0.05, 0) is 33.4 Å². The highest BCUT2D eigenvalue weighted by Crippen LogP contribution is 2.36. The van der Waals surface area contributed by atoms with E-state index in [9.17, 15) is 0 Å². The Labute approximate surface area is 88.1 Å². The number of thiophene rings is 1. The highest BCUT2D eigenvalue weighted by Gasteiger charge is 2.06. The number of rotatable bonds is 0. The van der Waals surface area contributed by atoms with Gasteiger partial charge < -0.3 is 5.73 Å². The monoisotopic (exact) mass is 259 g/mol. The maximum absolute atomic E-state index is 5.79. The summed E-state index contributed by atoms with van der Waals surface area (Å²) in [5.74, 6) is 0. The maximum Gasteiger partial charge on any atom is 0.0601 e. The summed E-state index contributed by atoms with van der Waals surface area (Å²) in [7, 11) is 0. The van der Waals surface area contributed by atoms with Crippen molar-refractivity contribution >= 4 is 55.7 Å². The minimum Gasteiger partial charge on any atom is -0.397 e. The minimum absolute atomic E-state index is 0.712. The van der Waals surface area contributed by atoms with Gasteiger partial charge in [-0.3, -0.25) is 0 Å². The Morgan fingerprint density at radius 3 is 3.00 bits per heavy atom. The van der Waals surface area contributed by atoms with Crippen molar-refractivity contribution in [2.75, 3.05) is 5.73 Å². The average molecular weight is 260 g/mol. The van der Waals surface area contributed by atoms with Crippen LogP contribution >= 0.6 is 39.9 Å². The second-order valence-electron chi connectivity index (χ2n) is 2.45. The smallest absolute Gasteiger partial charge is 0.0601 e. The van der Waals surface area contributed by atoms with Crippen molar-refractivity contribution < 1.29 is 0 Å². The Balaban J connectivity index is 2.94. The largest absolute Gasteiger partial charge is 0.397 e. The van der Waals surface area contributed by atoms with E-state index in [2.05, 4.69) is 28.6 Å². The molecule has 0 atom stereocenters. The van der Waals surface area contributed by atoms with Gasteiger partial charge in [0.05, 0.1) is 5.69 Å². The summed E-state index contributed by atoms with van der Waals surface area (Å²) in [5.41, 5.74) is 6.50. The Hall–Kier alpha value is -0.190. The van der Waals surface area contributed by atoms with Crippen molar-refractivity contribution in [3.05, 3.63) is 22.0 Å². The van der Waals surface area contributed by atoms with E-state index < -0.39 is 0 Å². The first kappa shape index (κ1) is 8.41. The van der Waals surface area contributed by atoms with E-state index in [-0.39, 0.29) is 0 Å². The molecule has 2 N–H and O–H groups in total. The zero-order valence-electron chi connectivity index (χ0n) is 6.04. The lowest BCUT2D eigenvalue weighted by Gasteiger charge is -2.02. The molecule has 0 unspecified atom stereocenters. The molecule has 12 heavy (non-hydrogen) atoms. The molecule has 0 aliphatic rings. The fraction of sp³-hybridized carbons (Fsp3) is 0. The van der Waals surface area contributed by atoms with Crippen molar-refractivity contribution in [1.29, 1.82) is 0 Å². The number of nitrogen functional groups attached to an aromatic ring is 1. The summed E-state index contributed by atoms with van der Waals surface area (Å²) >= 11 is 9.43. The van der Waals surface area contributed by atoms with Crippen LogP contribution in [0, 0.1) is 0 Å². The molecule has 0 saturated heterocycles. The van der Waals surface area contributed by atoms with Crippen molar-refractivity contribution in [2.24, 2.45) is 0 Å². The van der Waals surface area contributed by atoms with Crippen LogP contribution in [0.1, 0.15) is 0 Å². The highest BCUT2D eigenvalue weighted by atomic mass is 79.9. The highest BCUT2D eigenvalue weighted by molar-refractivity contribution is 9.10. The van der Waals surface area contributed by atoms with Gasteiger partial charge in [0.1, 0.15) is 0 Å². The number of hydrogen-bond donors (Lipinski definition) is 2. The summed E-state index contributed by atoms with van der Waals surface area (Å²) in [6, 6.07) is 4.06. The number of fused-ring (bicyclic) bond motifs is 1. The van der Waals surface area contributed by atoms with Crippen LogP contribution in [0.4, 0.5) is 5.69 Å². The fourth-order valence-electron chi connectivity index (χ4n) is 1.08. The predicted molar refractivity (Wildman–Crippen MR) is 61.2 cm³/mol. The number of halogens is 1. The average Bonchev–Trinajstić information content (AvgIpc) is 2.48. The van der Waals surface area contributed by atoms with E-state index in [1.165, 1.54) is 4.70 Å². The zero-order chi connectivity index (χ0) is 8.72. The van der Waals surface area contributed by atoms with Gasteiger partial charge in [-0.2, -0.15) is 0 Å². The summed E-state index contributed by atoms with van der Waals surface area (Å²) in [6.07, 6.45) is 0. The molecule has 0 bridgehead atoms. The van der Waals surface area contributed by atoms with Crippen molar-refractivity contribution in [1.82, 2.24) is 0 Å². The topological polar surface area (TPSA) is 26.0 Å². The lowest BCUT2D eigenvalue weighted by Crippen LogP contribution is -1.88. The van der Waals surface area contributed by atoms with Crippen LogP contribution in [0.5, 0.6) is 0 Å². The SMILES string of the molecule is Nc1c(Br)cc2sccc2c1S. The first-order chi connectivity index (χ1) is 5.70. The van der Waals surface area contributed by atoms with E-state index in [0.717, 1.165) is 14.8 Å². The van der Waals surface area contributed by atoms with E-state index in [0.29, 0.717) is 5.69 Å². The molecule has 1 aromatic heterocycles. The van der Waals surface area contributed by atoms with Gasteiger partial charge in [0.2, 0.25) is 0 Å². The molecule has 0 amide bonds. The molecule has 1 nitrogen and oxygen atoms in total. The van der Waals surface area contributed by atoms with Gasteiger partial charge in [0.25, 0.3) is 0 Å². The van der Waals surface area contributed by atoms with Crippen LogP contribution in [-0.2, 0) is 0 Å². The van der Waals surface area contributed by atoms with Crippen molar-refractivity contribution in [3.8, 4) is 0 Å². The third-order valence-corrected chi connectivity index (χ3v) is 3.72. The van der Waals surface area contributed by atoms with Gasteiger partial charge in [-0.15, -0.1) is 24.0 Å². The molecule has 0 radical (unpaired) electrons. The molecule has 62 valence electrons. The summed E-state index contributed by atoms with van der Waals surface area (Å²) in [4.78, 5) is 0.862. The molecule has 2 aromatic rings. The molecular weight excluding hydrogens is 254 g/mol. The molecule has 0 fully saturated rings. The van der Waals surface area contributed by atoms with Crippen molar-refractivity contribution in [3.63, 3.8) is 0 Å². The summed E-state index contributed by atoms with van der Waals surface area (Å²) in [6.45, 7) is 0. The third-order valence-electron chi connectivity index (χ3n) is 1.72. The molecule has 1 aromatic carbocycles. The van der Waals surface area contributed by atoms with Gasteiger partial charge in [0, 0.05) is 19.5 Å². The first-order valence-electron chi connectivity index (χ1n) is 3.34. The number of thiol groups is 1. The van der Waals surface area contributed by atoms with Crippen LogP contribution in [0.25, 0.3) is 10.1 Å². The molecule has 0 saturated carbocycles. The Morgan fingerprint density at radius 2 is 2.25 bits per heavy atom. The quantitative estimate of drug-likeness (QED) is 0.550. The Morgan fingerprint density at radius 1 is 1.50 bits per heavy atom. The lowest BCUT2D eigenvalue weighted by atomic mass is 10.2. The van der Waals surface area contributed by atoms with Crippen LogP contribution in [0.2, 0.25) is 0 Å². The second-order valence-corrected chi connectivity index (χ2v) is 4.70. The van der Waals surface area contributed by atoms with Crippen LogP contribution in [-0.4, -0.2) is 0 Å². The number of hydrogen-bond acceptors (Lipinski definition) is 3. The van der Waals surface area contributed by atoms with Crippen LogP contribution < -0.4 is 5.73 Å². The maximum atomic E-state index is 5.79. The Bertz CT molecular complexity index is 436. The molecule has 1 heterocycles. The van der Waals surface area contributed by atoms with Gasteiger partial charge >= 0.3 is 0 Å². The summed E-state index contributed by atoms with van der Waals surface area (Å²) in [5, 5.41) is 3.17. The fourth-order valence-corrected chi connectivity index (χ4v) is 3.04. The minimum atomic E-state index is 0.712. The predicted octanol–water partition coefficient (Wildman–Crippen LogP) is 3.53. The third kappa shape index (κ3) is 1.14. The number of anilines is 1. The van der Waals surface area contributed by atoms with Crippen LogP contribution in [0.15, 0.2) is 26.9 Å². The molecule has 0 spiro atoms. The van der Waals surface area contributed by atoms with Gasteiger partial charge in [-0.25, -0.2) is 0 Å². The summed E-state index contributed by atoms with van der Waals surface area (Å²) < 4.78 is 2.13. The van der Waals surface area contributed by atoms with E-state index in [1.54, 1.807) is 11.3 Å². The first-order valence-corrected chi connectivity index (χ1v) is 5.46. The van der Waals surface area contributed by atoms with Gasteiger partial charge in [-0.1, -0.05) is 0 Å². The van der Waals surface area contributed by atoms with E-state index in [1.807, 2.05) is 17.5 Å². The van der Waals surface area contributed by atoms with Gasteiger partial charge in [0.15, 0.2) is 0 Å². The number of benzene rings is 1. The Kier molecular flexibility index (Phi) is 2.06. The molecule has 0 aliphatic carbocycles. The second kappa shape index (κ2) is 2.94. The van der Waals surface area contributed by atoms with Crippen LogP contribution in [0.3, 0.4) is 0 Å². The van der Waals surface area contributed by atoms with Crippen molar-refractivity contribution in [2.45, 2.75) is 4.90 Å². The van der Waals surface area contributed by atoms with E-state index >= 15 is 0 Å². The molecule has 2 rings (SSSR count). The normalized spacial score (nSPS) is 10.8. The number of nitrogens with two attached hydrogens (primary N) is 1. The van der Waals surface area contributed by atoms with E-state index in [4.69, 9.17) is 5.73 Å². The zero-order valence-corrected chi connectivity index (χ0v) is 9.34. The molecular formula is C8H6BrNS2. The molecule has 0 aliphatic heterocycles. The molecule has 4 heteroatoms.